The zero-order valence-corrected chi connectivity index (χ0v) is 15.4. The predicted molar refractivity (Wildman–Crippen MR) is 99.7 cm³/mol. The summed E-state index contributed by atoms with van der Waals surface area (Å²) in [6.45, 7) is 0. The largest absolute Gasteiger partial charge is 0.357 e. The molecule has 1 aliphatic carbocycles. The van der Waals surface area contributed by atoms with E-state index in [1.165, 1.54) is 32.1 Å². The highest BCUT2D eigenvalue weighted by Gasteiger charge is 2.16. The maximum atomic E-state index is 5.33. The molecule has 1 aromatic carbocycles. The van der Waals surface area contributed by atoms with Gasteiger partial charge in [-0.2, -0.15) is 4.98 Å². The van der Waals surface area contributed by atoms with Crippen LogP contribution in [0.2, 0.25) is 0 Å². The number of benzene rings is 1. The number of thioether (sulfide) groups is 1. The van der Waals surface area contributed by atoms with Crippen LogP contribution < -0.4 is 5.32 Å². The van der Waals surface area contributed by atoms with Gasteiger partial charge in [0.2, 0.25) is 5.13 Å². The molecule has 3 aromatic rings. The van der Waals surface area contributed by atoms with E-state index >= 15 is 0 Å². The van der Waals surface area contributed by atoms with Crippen molar-refractivity contribution in [2.24, 2.45) is 0 Å². The van der Waals surface area contributed by atoms with Crippen LogP contribution in [0, 0.1) is 0 Å². The number of rotatable bonds is 6. The molecule has 8 heteroatoms. The second-order valence-electron chi connectivity index (χ2n) is 6.02. The van der Waals surface area contributed by atoms with Crippen LogP contribution in [-0.4, -0.2) is 26.4 Å². The van der Waals surface area contributed by atoms with E-state index < -0.39 is 0 Å². The Hall–Kier alpha value is -1.93. The topological polar surface area (TPSA) is 76.7 Å². The van der Waals surface area contributed by atoms with Gasteiger partial charge in [-0.1, -0.05) is 65.7 Å². The Bertz CT molecular complexity index is 798. The molecule has 4 rings (SSSR count). The summed E-state index contributed by atoms with van der Waals surface area (Å²) in [5.74, 6) is 1.84. The van der Waals surface area contributed by atoms with Crippen LogP contribution in [-0.2, 0) is 5.75 Å². The molecule has 0 amide bonds. The molecule has 25 heavy (non-hydrogen) atoms. The molecule has 1 saturated carbocycles. The van der Waals surface area contributed by atoms with Crippen LogP contribution >= 0.6 is 23.1 Å². The molecule has 6 nitrogen and oxygen atoms in total. The van der Waals surface area contributed by atoms with Gasteiger partial charge < -0.3 is 9.84 Å². The van der Waals surface area contributed by atoms with Crippen LogP contribution in [0.3, 0.4) is 0 Å². The monoisotopic (exact) mass is 373 g/mol. The Morgan fingerprint density at radius 2 is 1.96 bits per heavy atom. The van der Waals surface area contributed by atoms with Crippen molar-refractivity contribution in [2.45, 2.75) is 48.2 Å². The summed E-state index contributed by atoms with van der Waals surface area (Å²) < 4.78 is 6.25. The van der Waals surface area contributed by atoms with Crippen LogP contribution in [0.1, 0.15) is 37.9 Å². The van der Waals surface area contributed by atoms with Crippen molar-refractivity contribution in [3.63, 3.8) is 0 Å². The first-order valence-electron chi connectivity index (χ1n) is 8.48. The Labute approximate surface area is 154 Å². The average Bonchev–Trinajstić information content (AvgIpc) is 3.31. The van der Waals surface area contributed by atoms with E-state index in [2.05, 4.69) is 25.7 Å². The summed E-state index contributed by atoms with van der Waals surface area (Å²) in [4.78, 5) is 4.44. The fourth-order valence-electron chi connectivity index (χ4n) is 2.88. The average molecular weight is 374 g/mol. The van der Waals surface area contributed by atoms with Gasteiger partial charge in [-0.3, -0.25) is 0 Å². The van der Waals surface area contributed by atoms with Gasteiger partial charge >= 0.3 is 0 Å². The number of aromatic nitrogens is 4. The van der Waals surface area contributed by atoms with Gasteiger partial charge in [-0.25, -0.2) is 0 Å². The van der Waals surface area contributed by atoms with Crippen molar-refractivity contribution in [1.29, 1.82) is 0 Å². The summed E-state index contributed by atoms with van der Waals surface area (Å²) in [5.41, 5.74) is 0.932. The second kappa shape index (κ2) is 7.97. The molecule has 0 radical (unpaired) electrons. The quantitative estimate of drug-likeness (QED) is 0.631. The minimum absolute atomic E-state index is 0.546. The van der Waals surface area contributed by atoms with E-state index in [1.54, 1.807) is 23.1 Å². The lowest BCUT2D eigenvalue weighted by Gasteiger charge is -2.21. The van der Waals surface area contributed by atoms with Gasteiger partial charge in [0.1, 0.15) is 0 Å². The van der Waals surface area contributed by atoms with Gasteiger partial charge in [0, 0.05) is 11.6 Å². The van der Waals surface area contributed by atoms with Crippen molar-refractivity contribution in [2.75, 3.05) is 5.32 Å². The smallest absolute Gasteiger partial charge is 0.257 e. The third-order valence-corrected chi connectivity index (χ3v) is 6.14. The zero-order chi connectivity index (χ0) is 16.9. The number of hydrogen-bond acceptors (Lipinski definition) is 8. The Morgan fingerprint density at radius 1 is 1.12 bits per heavy atom. The zero-order valence-electron chi connectivity index (χ0n) is 13.7. The van der Waals surface area contributed by atoms with Crippen LogP contribution in [0.5, 0.6) is 0 Å². The maximum Gasteiger partial charge on any atom is 0.257 e. The minimum atomic E-state index is 0.546. The predicted octanol–water partition coefficient (Wildman–Crippen LogP) is 4.63. The number of hydrogen-bond donors (Lipinski definition) is 1. The van der Waals surface area contributed by atoms with Crippen molar-refractivity contribution in [3.05, 3.63) is 36.2 Å². The maximum absolute atomic E-state index is 5.33. The summed E-state index contributed by atoms with van der Waals surface area (Å²) in [6, 6.07) is 10.3. The van der Waals surface area contributed by atoms with Crippen molar-refractivity contribution in [1.82, 2.24) is 20.3 Å². The summed E-state index contributed by atoms with van der Waals surface area (Å²) in [7, 11) is 0. The van der Waals surface area contributed by atoms with E-state index in [0.717, 1.165) is 15.0 Å². The normalized spacial score (nSPS) is 15.4. The van der Waals surface area contributed by atoms with Gasteiger partial charge in [0.05, 0.1) is 5.75 Å². The Kier molecular flexibility index (Phi) is 5.27. The van der Waals surface area contributed by atoms with Crippen LogP contribution in [0.15, 0.2) is 39.2 Å². The van der Waals surface area contributed by atoms with Crippen molar-refractivity contribution < 1.29 is 4.52 Å². The Balaban J connectivity index is 1.32. The second-order valence-corrected chi connectivity index (χ2v) is 8.22. The van der Waals surface area contributed by atoms with E-state index in [0.29, 0.717) is 23.5 Å². The molecule has 1 N–H and O–H groups in total. The number of nitrogens with one attached hydrogen (secondary N) is 1. The van der Waals surface area contributed by atoms with E-state index in [4.69, 9.17) is 4.52 Å². The summed E-state index contributed by atoms with van der Waals surface area (Å²) >= 11 is 3.18. The standard InChI is InChI=1S/C17H19N5OS2/c1-3-7-12(8-4-1)15-19-14(22-23-15)11-24-17-21-20-16(25-17)18-13-9-5-2-6-10-13/h1,3-4,7-8,13H,2,5-6,9-11H2,(H,18,20). The third-order valence-electron chi connectivity index (χ3n) is 4.15. The molecule has 0 bridgehead atoms. The number of nitrogens with zero attached hydrogens (tertiary/aromatic N) is 4. The molecule has 2 heterocycles. The Morgan fingerprint density at radius 3 is 2.80 bits per heavy atom. The fraction of sp³-hybridized carbons (Fsp3) is 0.412. The highest BCUT2D eigenvalue weighted by molar-refractivity contribution is 8.00. The molecular weight excluding hydrogens is 354 g/mol. The minimum Gasteiger partial charge on any atom is -0.357 e. The van der Waals surface area contributed by atoms with Crippen LogP contribution in [0.25, 0.3) is 11.5 Å². The van der Waals surface area contributed by atoms with Crippen LogP contribution in [0.4, 0.5) is 5.13 Å². The molecule has 1 fully saturated rings. The molecular formula is C17H19N5OS2. The van der Waals surface area contributed by atoms with Gasteiger partial charge in [-0.15, -0.1) is 10.2 Å². The lowest BCUT2D eigenvalue weighted by Crippen LogP contribution is -2.21. The molecule has 1 aliphatic rings. The molecule has 0 unspecified atom stereocenters. The van der Waals surface area contributed by atoms with E-state index in [1.807, 2.05) is 30.3 Å². The fourth-order valence-corrected chi connectivity index (χ4v) is 4.56. The summed E-state index contributed by atoms with van der Waals surface area (Å²) in [5, 5.41) is 17.0. The van der Waals surface area contributed by atoms with E-state index in [9.17, 15) is 0 Å². The van der Waals surface area contributed by atoms with Gasteiger partial charge in [0.15, 0.2) is 10.2 Å². The first kappa shape index (κ1) is 16.5. The highest BCUT2D eigenvalue weighted by Crippen LogP contribution is 2.30. The lowest BCUT2D eigenvalue weighted by atomic mass is 9.96. The molecule has 0 atom stereocenters. The van der Waals surface area contributed by atoms with Crippen molar-refractivity contribution >= 4 is 28.2 Å². The van der Waals surface area contributed by atoms with E-state index in [-0.39, 0.29) is 0 Å². The number of anilines is 1. The van der Waals surface area contributed by atoms with Crippen molar-refractivity contribution in [3.8, 4) is 11.5 Å². The van der Waals surface area contributed by atoms with Gasteiger partial charge in [-0.05, 0) is 25.0 Å². The SMILES string of the molecule is c1ccc(-c2nc(CSc3nnc(NC4CCCCC4)s3)no2)cc1. The summed E-state index contributed by atoms with van der Waals surface area (Å²) in [6.07, 6.45) is 6.42. The molecule has 0 aliphatic heterocycles. The molecule has 0 saturated heterocycles. The third kappa shape index (κ3) is 4.38. The molecule has 130 valence electrons. The molecule has 0 spiro atoms. The first-order chi connectivity index (χ1) is 12.4. The molecule has 2 aromatic heterocycles. The first-order valence-corrected chi connectivity index (χ1v) is 10.3. The highest BCUT2D eigenvalue weighted by atomic mass is 32.2. The lowest BCUT2D eigenvalue weighted by molar-refractivity contribution is 0.425. The van der Waals surface area contributed by atoms with Gasteiger partial charge in [0.25, 0.3) is 5.89 Å².